The quantitative estimate of drug-likeness (QED) is 0.718. The molecule has 4 heteroatoms. The van der Waals surface area contributed by atoms with Crippen LogP contribution in [0.5, 0.6) is 0 Å². The molecule has 0 aliphatic carbocycles. The molecule has 0 aliphatic heterocycles. The Kier molecular flexibility index (Phi) is 2.41. The normalized spacial score (nSPS) is 10.1. The van der Waals surface area contributed by atoms with Crippen molar-refractivity contribution in [3.8, 4) is 11.5 Å². The highest BCUT2D eigenvalue weighted by atomic mass is 35.5. The minimum absolute atomic E-state index is 0.574. The number of hydrogen-bond acceptors (Lipinski definition) is 3. The highest BCUT2D eigenvalue weighted by Crippen LogP contribution is 2.15. The van der Waals surface area contributed by atoms with E-state index in [1.54, 1.807) is 12.4 Å². The molecule has 2 aromatic heterocycles. The van der Waals surface area contributed by atoms with E-state index in [2.05, 4.69) is 15.0 Å². The molecule has 0 saturated heterocycles. The Labute approximate surface area is 86.8 Å². The third kappa shape index (κ3) is 1.72. The summed E-state index contributed by atoms with van der Waals surface area (Å²) in [7, 11) is 0. The van der Waals surface area contributed by atoms with Gasteiger partial charge in [-0.3, -0.25) is 4.98 Å². The van der Waals surface area contributed by atoms with Gasteiger partial charge in [-0.05, 0) is 19.1 Å². The van der Waals surface area contributed by atoms with E-state index >= 15 is 0 Å². The lowest BCUT2D eigenvalue weighted by Gasteiger charge is -2.00. The summed E-state index contributed by atoms with van der Waals surface area (Å²) in [6.45, 7) is 1.84. The average Bonchev–Trinajstić information content (AvgIpc) is 2.23. The van der Waals surface area contributed by atoms with Crippen LogP contribution in [-0.4, -0.2) is 15.0 Å². The highest BCUT2D eigenvalue weighted by Gasteiger charge is 2.03. The first-order valence-corrected chi connectivity index (χ1v) is 4.56. The van der Waals surface area contributed by atoms with Gasteiger partial charge in [0.1, 0.15) is 5.69 Å². The van der Waals surface area contributed by atoms with Crippen molar-refractivity contribution >= 4 is 11.6 Å². The van der Waals surface area contributed by atoms with Crippen LogP contribution in [-0.2, 0) is 0 Å². The van der Waals surface area contributed by atoms with Crippen molar-refractivity contribution in [2.45, 2.75) is 6.92 Å². The largest absolute Gasteiger partial charge is 0.253 e. The number of rotatable bonds is 1. The van der Waals surface area contributed by atoms with Crippen LogP contribution in [0.2, 0.25) is 5.02 Å². The third-order valence-corrected chi connectivity index (χ3v) is 2.18. The van der Waals surface area contributed by atoms with Crippen molar-refractivity contribution in [1.29, 1.82) is 0 Å². The molecule has 0 fully saturated rings. The summed E-state index contributed by atoms with van der Waals surface area (Å²) >= 11 is 5.82. The highest BCUT2D eigenvalue weighted by molar-refractivity contribution is 6.31. The predicted molar refractivity (Wildman–Crippen MR) is 55.0 cm³/mol. The second-order valence-electron chi connectivity index (χ2n) is 2.84. The fourth-order valence-corrected chi connectivity index (χ4v) is 1.16. The monoisotopic (exact) mass is 205 g/mol. The van der Waals surface area contributed by atoms with Crippen LogP contribution in [0, 0.1) is 6.92 Å². The minimum atomic E-state index is 0.574. The molecule has 0 atom stereocenters. The van der Waals surface area contributed by atoms with Gasteiger partial charge in [-0.1, -0.05) is 17.7 Å². The van der Waals surface area contributed by atoms with Gasteiger partial charge < -0.3 is 0 Å². The van der Waals surface area contributed by atoms with Gasteiger partial charge in [0, 0.05) is 12.4 Å². The number of hydrogen-bond donors (Lipinski definition) is 0. The minimum Gasteiger partial charge on any atom is -0.253 e. The first-order valence-electron chi connectivity index (χ1n) is 4.18. The first kappa shape index (κ1) is 9.09. The van der Waals surface area contributed by atoms with E-state index in [1.807, 2.05) is 25.1 Å². The second kappa shape index (κ2) is 3.72. The average molecular weight is 206 g/mol. The molecule has 0 unspecified atom stereocenters. The molecule has 14 heavy (non-hydrogen) atoms. The molecule has 0 radical (unpaired) electrons. The topological polar surface area (TPSA) is 38.7 Å². The Morgan fingerprint density at radius 1 is 1.21 bits per heavy atom. The Hall–Kier alpha value is -1.48. The van der Waals surface area contributed by atoms with Gasteiger partial charge in [-0.25, -0.2) is 9.97 Å². The molecule has 0 spiro atoms. The lowest BCUT2D eigenvalue weighted by atomic mass is 10.3. The summed E-state index contributed by atoms with van der Waals surface area (Å²) in [6.07, 6.45) is 3.30. The zero-order chi connectivity index (χ0) is 9.97. The van der Waals surface area contributed by atoms with Gasteiger partial charge in [0.05, 0.1) is 10.7 Å². The number of aromatic nitrogens is 3. The molecule has 0 saturated carbocycles. The third-order valence-electron chi connectivity index (χ3n) is 1.81. The maximum Gasteiger partial charge on any atom is 0.178 e. The molecule has 0 bridgehead atoms. The number of aryl methyl sites for hydroxylation is 1. The van der Waals surface area contributed by atoms with Crippen molar-refractivity contribution in [3.05, 3.63) is 41.3 Å². The smallest absolute Gasteiger partial charge is 0.178 e. The molecule has 0 aromatic carbocycles. The van der Waals surface area contributed by atoms with Crippen LogP contribution >= 0.6 is 11.6 Å². The molecule has 0 N–H and O–H groups in total. The number of pyridine rings is 1. The molecule has 0 aliphatic rings. The number of nitrogens with zero attached hydrogens (tertiary/aromatic N) is 3. The molecule has 3 nitrogen and oxygen atoms in total. The SMILES string of the molecule is Cc1nc(-c2ccccn2)ncc1Cl. The Morgan fingerprint density at radius 2 is 2.07 bits per heavy atom. The summed E-state index contributed by atoms with van der Waals surface area (Å²) in [5.74, 6) is 0.604. The number of halogens is 1. The molecule has 2 aromatic rings. The van der Waals surface area contributed by atoms with E-state index in [9.17, 15) is 0 Å². The molecule has 70 valence electrons. The van der Waals surface area contributed by atoms with E-state index in [1.165, 1.54) is 0 Å². The van der Waals surface area contributed by atoms with Crippen LogP contribution in [0.1, 0.15) is 5.69 Å². The summed E-state index contributed by atoms with van der Waals surface area (Å²) in [5.41, 5.74) is 1.52. The van der Waals surface area contributed by atoms with Crippen LogP contribution in [0.25, 0.3) is 11.5 Å². The van der Waals surface area contributed by atoms with Gasteiger partial charge in [-0.15, -0.1) is 0 Å². The maximum atomic E-state index is 5.82. The van der Waals surface area contributed by atoms with E-state index in [4.69, 9.17) is 11.6 Å². The summed E-state index contributed by atoms with van der Waals surface area (Å²) in [5, 5.41) is 0.574. The van der Waals surface area contributed by atoms with Crippen molar-refractivity contribution in [3.63, 3.8) is 0 Å². The van der Waals surface area contributed by atoms with E-state index in [0.717, 1.165) is 11.4 Å². The molecule has 2 heterocycles. The van der Waals surface area contributed by atoms with Crippen LogP contribution in [0.4, 0.5) is 0 Å². The fourth-order valence-electron chi connectivity index (χ4n) is 1.07. The zero-order valence-electron chi connectivity index (χ0n) is 7.61. The Morgan fingerprint density at radius 3 is 2.71 bits per heavy atom. The Bertz CT molecular complexity index is 442. The predicted octanol–water partition coefficient (Wildman–Crippen LogP) is 2.50. The summed E-state index contributed by atoms with van der Waals surface area (Å²) in [4.78, 5) is 12.5. The van der Waals surface area contributed by atoms with Crippen LogP contribution in [0.15, 0.2) is 30.6 Å². The summed E-state index contributed by atoms with van der Waals surface area (Å²) in [6, 6.07) is 5.62. The van der Waals surface area contributed by atoms with Gasteiger partial charge in [0.2, 0.25) is 0 Å². The van der Waals surface area contributed by atoms with Crippen molar-refractivity contribution in [2.75, 3.05) is 0 Å². The van der Waals surface area contributed by atoms with Gasteiger partial charge in [0.25, 0.3) is 0 Å². The van der Waals surface area contributed by atoms with Crippen LogP contribution < -0.4 is 0 Å². The standard InChI is InChI=1S/C10H8ClN3/c1-7-8(11)6-13-10(14-7)9-4-2-3-5-12-9/h2-6H,1H3. The van der Waals surface area contributed by atoms with E-state index in [0.29, 0.717) is 10.8 Å². The molecular formula is C10H8ClN3. The van der Waals surface area contributed by atoms with Crippen molar-refractivity contribution < 1.29 is 0 Å². The lowest BCUT2D eigenvalue weighted by Crippen LogP contribution is -1.93. The fraction of sp³-hybridized carbons (Fsp3) is 0.100. The molecular weight excluding hydrogens is 198 g/mol. The van der Waals surface area contributed by atoms with Gasteiger partial charge >= 0.3 is 0 Å². The molecule has 2 rings (SSSR count). The van der Waals surface area contributed by atoms with Gasteiger partial charge in [-0.2, -0.15) is 0 Å². The molecule has 0 amide bonds. The van der Waals surface area contributed by atoms with E-state index < -0.39 is 0 Å². The zero-order valence-corrected chi connectivity index (χ0v) is 8.36. The first-order chi connectivity index (χ1) is 6.77. The Balaban J connectivity index is 2.48. The lowest BCUT2D eigenvalue weighted by molar-refractivity contribution is 1.09. The second-order valence-corrected chi connectivity index (χ2v) is 3.25. The van der Waals surface area contributed by atoms with Crippen LogP contribution in [0.3, 0.4) is 0 Å². The van der Waals surface area contributed by atoms with Crippen molar-refractivity contribution in [2.24, 2.45) is 0 Å². The maximum absolute atomic E-state index is 5.82. The van der Waals surface area contributed by atoms with Crippen molar-refractivity contribution in [1.82, 2.24) is 15.0 Å². The summed E-state index contributed by atoms with van der Waals surface area (Å²) < 4.78 is 0. The van der Waals surface area contributed by atoms with Gasteiger partial charge in [0.15, 0.2) is 5.82 Å². The van der Waals surface area contributed by atoms with E-state index in [-0.39, 0.29) is 0 Å².